The summed E-state index contributed by atoms with van der Waals surface area (Å²) in [5.41, 5.74) is 45.1. The summed E-state index contributed by atoms with van der Waals surface area (Å²) in [6.45, 7) is 6.46. The molecule has 0 saturated carbocycles. The number of nitrogens with two attached hydrogens (primary N) is 8. The minimum Gasteiger partial charge on any atom is -0.370 e. The first kappa shape index (κ1) is 46.8. The van der Waals surface area contributed by atoms with Gasteiger partial charge in [0.25, 0.3) is 0 Å². The molecule has 0 radical (unpaired) electrons. The molecule has 3 aromatic rings. The number of unbranched alkanes of at least 4 members (excludes halogenated alkanes) is 4. The standard InChI is InChI=1S/C37H66N24/c38-28(39)46-14-4-8-18-50-32-54-33(51-19-9-5-15-47-29(40)41)57-36(56-32)60-22-23-61(27(25-60)24-26-12-2-1-3-13-26)37-58-34(52-20-10-6-16-48-30(42)43)55-35(59-37)53-21-11-7-17-49-31(44)45/h1-3,12-13,27H,4-11,14-25H2,(H4,38,39,46)(H4,40,41,47)(H4,42,43,48)(H4,44,45,49)(H2,50,51,54,56,57)(H2,52,53,55,58,59). The Morgan fingerprint density at radius 2 is 0.869 bits per heavy atom. The summed E-state index contributed by atoms with van der Waals surface area (Å²) in [6.07, 6.45) is 7.19. The second kappa shape index (κ2) is 26.3. The normalized spacial score (nSPS) is 13.5. The van der Waals surface area contributed by atoms with Crippen molar-refractivity contribution in [2.75, 3.05) is 103 Å². The van der Waals surface area contributed by atoms with Crippen LogP contribution >= 0.6 is 0 Å². The lowest BCUT2D eigenvalue weighted by Gasteiger charge is -2.41. The Labute approximate surface area is 357 Å². The molecular weight excluding hydrogens is 781 g/mol. The molecule has 334 valence electrons. The van der Waals surface area contributed by atoms with Crippen LogP contribution in [0.1, 0.15) is 56.9 Å². The molecule has 1 aliphatic rings. The number of nitrogens with one attached hydrogen (secondary N) is 4. The van der Waals surface area contributed by atoms with Crippen molar-refractivity contribution in [3.8, 4) is 0 Å². The van der Waals surface area contributed by atoms with Crippen molar-refractivity contribution in [2.24, 2.45) is 65.8 Å². The summed E-state index contributed by atoms with van der Waals surface area (Å²) >= 11 is 0. The van der Waals surface area contributed by atoms with Gasteiger partial charge < -0.3 is 76.9 Å². The molecule has 0 amide bonds. The van der Waals surface area contributed by atoms with Gasteiger partial charge in [0.15, 0.2) is 23.8 Å². The average molecular weight is 847 g/mol. The van der Waals surface area contributed by atoms with Crippen LogP contribution in [0.25, 0.3) is 0 Å². The maximum atomic E-state index is 5.49. The second-order valence-corrected chi connectivity index (χ2v) is 14.3. The largest absolute Gasteiger partial charge is 0.370 e. The van der Waals surface area contributed by atoms with Gasteiger partial charge in [0.1, 0.15) is 0 Å². The molecule has 0 aliphatic carbocycles. The first-order valence-corrected chi connectivity index (χ1v) is 20.8. The molecule has 1 aromatic carbocycles. The number of benzene rings is 1. The van der Waals surface area contributed by atoms with Gasteiger partial charge in [-0.3, -0.25) is 20.0 Å². The molecular formula is C37H66N24. The maximum Gasteiger partial charge on any atom is 0.232 e. The van der Waals surface area contributed by atoms with Crippen molar-refractivity contribution in [2.45, 2.75) is 63.8 Å². The van der Waals surface area contributed by atoms with Gasteiger partial charge in [-0.15, -0.1) is 0 Å². The third kappa shape index (κ3) is 18.7. The molecule has 1 atom stereocenters. The fourth-order valence-corrected chi connectivity index (χ4v) is 6.26. The van der Waals surface area contributed by atoms with Crippen LogP contribution in [0.15, 0.2) is 50.3 Å². The number of hydrogen-bond acceptors (Lipinski definition) is 16. The SMILES string of the molecule is NC(N)=NCCCCNc1nc(NCCCCN=C(N)N)nc(N2CCN(c3nc(NCCCCN=C(N)N)nc(NCCCCN=C(N)N)n3)C(Cc3ccccc3)C2)n1. The van der Waals surface area contributed by atoms with Gasteiger partial charge in [0, 0.05) is 72.0 Å². The van der Waals surface area contributed by atoms with E-state index in [1.165, 1.54) is 5.56 Å². The Kier molecular flexibility index (Phi) is 20.2. The highest BCUT2D eigenvalue weighted by Gasteiger charge is 2.31. The van der Waals surface area contributed by atoms with Gasteiger partial charge in [-0.2, -0.15) is 29.9 Å². The summed E-state index contributed by atoms with van der Waals surface area (Å²) in [5.74, 6) is 3.32. The van der Waals surface area contributed by atoms with Crippen LogP contribution in [0.2, 0.25) is 0 Å². The van der Waals surface area contributed by atoms with Crippen LogP contribution in [0.5, 0.6) is 0 Å². The van der Waals surface area contributed by atoms with Crippen LogP contribution in [0, 0.1) is 0 Å². The monoisotopic (exact) mass is 847 g/mol. The summed E-state index contributed by atoms with van der Waals surface area (Å²) in [5, 5.41) is 13.5. The Hall–Kier alpha value is -6.88. The third-order valence-electron chi connectivity index (χ3n) is 9.23. The summed E-state index contributed by atoms with van der Waals surface area (Å²) in [6, 6.07) is 10.3. The zero-order valence-electron chi connectivity index (χ0n) is 35.1. The number of piperazine rings is 1. The van der Waals surface area contributed by atoms with Crippen molar-refractivity contribution in [1.29, 1.82) is 0 Å². The molecule has 0 spiro atoms. The minimum absolute atomic E-state index is 0.0610. The molecule has 3 heterocycles. The number of nitrogens with zero attached hydrogens (tertiary/aromatic N) is 12. The lowest BCUT2D eigenvalue weighted by molar-refractivity contribution is 0.502. The maximum absolute atomic E-state index is 5.49. The van der Waals surface area contributed by atoms with Gasteiger partial charge in [-0.25, -0.2) is 0 Å². The molecule has 1 saturated heterocycles. The highest BCUT2D eigenvalue weighted by atomic mass is 15.4. The van der Waals surface area contributed by atoms with E-state index in [0.717, 1.165) is 57.8 Å². The first-order valence-electron chi connectivity index (χ1n) is 20.8. The van der Waals surface area contributed by atoms with E-state index >= 15 is 0 Å². The third-order valence-corrected chi connectivity index (χ3v) is 9.23. The number of aromatic nitrogens is 6. The van der Waals surface area contributed by atoms with E-state index < -0.39 is 0 Å². The Morgan fingerprint density at radius 1 is 0.492 bits per heavy atom. The number of guanidine groups is 4. The highest BCUT2D eigenvalue weighted by Crippen LogP contribution is 2.25. The van der Waals surface area contributed by atoms with E-state index in [1.807, 2.05) is 18.2 Å². The average Bonchev–Trinajstić information content (AvgIpc) is 3.23. The summed E-state index contributed by atoms with van der Waals surface area (Å²) in [7, 11) is 0. The molecule has 1 unspecified atom stereocenters. The zero-order chi connectivity index (χ0) is 43.7. The number of hydrogen-bond donors (Lipinski definition) is 12. The van der Waals surface area contributed by atoms with Crippen molar-refractivity contribution in [3.05, 3.63) is 35.9 Å². The number of rotatable bonds is 28. The zero-order valence-corrected chi connectivity index (χ0v) is 35.1. The van der Waals surface area contributed by atoms with E-state index in [4.69, 9.17) is 75.8 Å². The van der Waals surface area contributed by atoms with Gasteiger partial charge in [-0.05, 0) is 63.4 Å². The van der Waals surface area contributed by atoms with Crippen molar-refractivity contribution < 1.29 is 0 Å². The minimum atomic E-state index is -0.0610. The van der Waals surface area contributed by atoms with Crippen LogP contribution in [0.3, 0.4) is 0 Å². The lowest BCUT2D eigenvalue weighted by Crippen LogP contribution is -2.55. The van der Waals surface area contributed by atoms with Crippen LogP contribution in [-0.2, 0) is 6.42 Å². The molecule has 1 aliphatic heterocycles. The van der Waals surface area contributed by atoms with E-state index in [9.17, 15) is 0 Å². The van der Waals surface area contributed by atoms with E-state index in [2.05, 4.69) is 63.2 Å². The predicted molar refractivity (Wildman–Crippen MR) is 247 cm³/mol. The quantitative estimate of drug-likeness (QED) is 0.0233. The molecule has 0 bridgehead atoms. The predicted octanol–water partition coefficient (Wildman–Crippen LogP) is -1.14. The van der Waals surface area contributed by atoms with E-state index in [1.54, 1.807) is 0 Å². The smallest absolute Gasteiger partial charge is 0.232 e. The molecule has 2 aromatic heterocycles. The van der Waals surface area contributed by atoms with E-state index in [0.29, 0.717) is 108 Å². The van der Waals surface area contributed by atoms with Crippen LogP contribution in [0.4, 0.5) is 35.7 Å². The van der Waals surface area contributed by atoms with Crippen molar-refractivity contribution in [1.82, 2.24) is 29.9 Å². The number of anilines is 6. The van der Waals surface area contributed by atoms with Gasteiger partial charge in [0.2, 0.25) is 35.7 Å². The van der Waals surface area contributed by atoms with Gasteiger partial charge in [-0.1, -0.05) is 30.3 Å². The molecule has 24 heteroatoms. The summed E-state index contributed by atoms with van der Waals surface area (Å²) < 4.78 is 0. The topological polar surface area (TPSA) is 390 Å². The van der Waals surface area contributed by atoms with Crippen molar-refractivity contribution >= 4 is 59.5 Å². The molecule has 20 N–H and O–H groups in total. The molecule has 61 heavy (non-hydrogen) atoms. The van der Waals surface area contributed by atoms with Gasteiger partial charge >= 0.3 is 0 Å². The second-order valence-electron chi connectivity index (χ2n) is 14.3. The van der Waals surface area contributed by atoms with Gasteiger partial charge in [0.05, 0.1) is 6.04 Å². The molecule has 24 nitrogen and oxygen atoms in total. The lowest BCUT2D eigenvalue weighted by atomic mass is 10.0. The van der Waals surface area contributed by atoms with Crippen LogP contribution < -0.4 is 76.9 Å². The Balaban J connectivity index is 1.57. The molecule has 1 fully saturated rings. The summed E-state index contributed by atoms with van der Waals surface area (Å²) in [4.78, 5) is 49.8. The Bertz CT molecular complexity index is 1740. The van der Waals surface area contributed by atoms with Crippen LogP contribution in [-0.4, -0.2) is 132 Å². The Morgan fingerprint density at radius 3 is 1.25 bits per heavy atom. The highest BCUT2D eigenvalue weighted by molar-refractivity contribution is 5.76. The fraction of sp³-hybridized carbons (Fsp3) is 0.568. The molecule has 4 rings (SSSR count). The first-order chi connectivity index (χ1) is 29.5. The van der Waals surface area contributed by atoms with Crippen molar-refractivity contribution in [3.63, 3.8) is 0 Å². The number of aliphatic imine (C=N–C) groups is 4. The fourth-order valence-electron chi connectivity index (χ4n) is 6.26. The van der Waals surface area contributed by atoms with E-state index in [-0.39, 0.29) is 29.9 Å².